The van der Waals surface area contributed by atoms with Gasteiger partial charge in [0, 0.05) is 0 Å². The molecular weight excluding hydrogens is 110 g/mol. The minimum absolute atomic E-state index is 0.0712. The van der Waals surface area contributed by atoms with Crippen LogP contribution in [0.2, 0.25) is 0 Å². The fourth-order valence-corrected chi connectivity index (χ4v) is 0.249. The largest absolute Gasteiger partial charge is 0.392 e. The Morgan fingerprint density at radius 1 is 1.75 bits per heavy atom. The predicted octanol–water partition coefficient (Wildman–Crippen LogP) is -1.91. The number of hydrogen-bond acceptors (Lipinski definition) is 4. The molecule has 4 heteroatoms. The third kappa shape index (κ3) is 3.73. The van der Waals surface area contributed by atoms with E-state index in [0.717, 1.165) is 0 Å². The van der Waals surface area contributed by atoms with Gasteiger partial charge in [-0.05, 0) is 0 Å². The van der Waals surface area contributed by atoms with E-state index >= 15 is 0 Å². The van der Waals surface area contributed by atoms with Gasteiger partial charge in [-0.15, -0.1) is 0 Å². The minimum atomic E-state index is -0.972. The van der Waals surface area contributed by atoms with Crippen LogP contribution < -0.4 is 5.32 Å². The minimum Gasteiger partial charge on any atom is -0.392 e. The average Bonchev–Trinajstić information content (AvgIpc) is 1.83. The highest BCUT2D eigenvalue weighted by atomic mass is 16.3. The van der Waals surface area contributed by atoms with Crippen molar-refractivity contribution >= 4 is 6.29 Å². The number of carbonyl (C=O) groups is 1. The van der Waals surface area contributed by atoms with Crippen LogP contribution in [0.4, 0.5) is 0 Å². The van der Waals surface area contributed by atoms with Gasteiger partial charge in [-0.25, -0.2) is 0 Å². The van der Waals surface area contributed by atoms with E-state index in [4.69, 9.17) is 10.2 Å². The summed E-state index contributed by atoms with van der Waals surface area (Å²) in [6.45, 7) is -0.296. The lowest BCUT2D eigenvalue weighted by atomic mass is 10.6. The summed E-state index contributed by atoms with van der Waals surface area (Å²) >= 11 is 0. The highest BCUT2D eigenvalue weighted by Crippen LogP contribution is 1.67. The van der Waals surface area contributed by atoms with E-state index in [-0.39, 0.29) is 13.2 Å². The van der Waals surface area contributed by atoms with Gasteiger partial charge >= 0.3 is 0 Å². The summed E-state index contributed by atoms with van der Waals surface area (Å²) in [6, 6.07) is 0. The molecule has 1 atom stereocenters. The molecule has 8 heavy (non-hydrogen) atoms. The normalized spacial score (nSPS) is 13.2. The third-order valence-electron chi connectivity index (χ3n) is 0.610. The van der Waals surface area contributed by atoms with E-state index in [9.17, 15) is 4.79 Å². The summed E-state index contributed by atoms with van der Waals surface area (Å²) in [5, 5.41) is 18.9. The van der Waals surface area contributed by atoms with E-state index in [1.165, 1.54) is 0 Å². The molecule has 0 rings (SSSR count). The second-order valence-electron chi connectivity index (χ2n) is 1.27. The molecule has 48 valence electrons. The van der Waals surface area contributed by atoms with Gasteiger partial charge in [0.25, 0.3) is 0 Å². The summed E-state index contributed by atoms with van der Waals surface area (Å²) in [7, 11) is 0. The van der Waals surface area contributed by atoms with Crippen LogP contribution in [0.15, 0.2) is 0 Å². The van der Waals surface area contributed by atoms with Crippen molar-refractivity contribution in [3.05, 3.63) is 0 Å². The quantitative estimate of drug-likeness (QED) is 0.298. The maximum Gasteiger partial charge on any atom is 0.133 e. The summed E-state index contributed by atoms with van der Waals surface area (Å²) in [5.74, 6) is 0. The molecular formula is C4H9NO3. The Balaban J connectivity index is 2.97. The highest BCUT2D eigenvalue weighted by molar-refractivity contribution is 5.51. The van der Waals surface area contributed by atoms with Gasteiger partial charge in [0.05, 0.1) is 13.2 Å². The first-order valence-corrected chi connectivity index (χ1v) is 2.27. The fraction of sp³-hybridized carbons (Fsp3) is 0.750. The standard InChI is InChI=1S/C4H9NO3/c6-2-1-5-4(8)3-7/h2,4-5,7-8H,1,3H2. The Labute approximate surface area is 47.1 Å². The van der Waals surface area contributed by atoms with Crippen molar-refractivity contribution in [2.24, 2.45) is 0 Å². The average molecular weight is 119 g/mol. The Kier molecular flexibility index (Phi) is 4.44. The SMILES string of the molecule is O=CCNC(O)CO. The number of rotatable bonds is 4. The maximum absolute atomic E-state index is 9.57. The summed E-state index contributed by atoms with van der Waals surface area (Å²) in [5.41, 5.74) is 0. The molecule has 0 aromatic carbocycles. The lowest BCUT2D eigenvalue weighted by molar-refractivity contribution is -0.107. The van der Waals surface area contributed by atoms with E-state index in [1.54, 1.807) is 0 Å². The van der Waals surface area contributed by atoms with Gasteiger partial charge in [-0.3, -0.25) is 5.32 Å². The number of aliphatic hydroxyl groups excluding tert-OH is 2. The zero-order valence-corrected chi connectivity index (χ0v) is 4.37. The molecule has 0 radical (unpaired) electrons. The van der Waals surface area contributed by atoms with Crippen LogP contribution in [0.25, 0.3) is 0 Å². The molecule has 0 saturated carbocycles. The number of nitrogens with one attached hydrogen (secondary N) is 1. The molecule has 0 spiro atoms. The van der Waals surface area contributed by atoms with Crippen molar-refractivity contribution in [1.29, 1.82) is 0 Å². The summed E-state index contributed by atoms with van der Waals surface area (Å²) < 4.78 is 0. The zero-order chi connectivity index (χ0) is 6.41. The Morgan fingerprint density at radius 2 is 2.38 bits per heavy atom. The van der Waals surface area contributed by atoms with Crippen molar-refractivity contribution in [2.75, 3.05) is 13.2 Å². The Hall–Kier alpha value is -0.450. The van der Waals surface area contributed by atoms with Crippen LogP contribution in [0.5, 0.6) is 0 Å². The second-order valence-corrected chi connectivity index (χ2v) is 1.27. The highest BCUT2D eigenvalue weighted by Gasteiger charge is 1.95. The summed E-state index contributed by atoms with van der Waals surface area (Å²) in [4.78, 5) is 9.57. The van der Waals surface area contributed by atoms with Crippen LogP contribution >= 0.6 is 0 Å². The van der Waals surface area contributed by atoms with Crippen LogP contribution in [-0.4, -0.2) is 35.9 Å². The lowest BCUT2D eigenvalue weighted by Crippen LogP contribution is -2.33. The van der Waals surface area contributed by atoms with Crippen LogP contribution in [-0.2, 0) is 4.79 Å². The molecule has 0 aliphatic heterocycles. The molecule has 0 heterocycles. The van der Waals surface area contributed by atoms with Gasteiger partial charge in [-0.1, -0.05) is 0 Å². The van der Waals surface area contributed by atoms with Gasteiger partial charge in [0.1, 0.15) is 12.5 Å². The van der Waals surface area contributed by atoms with Gasteiger partial charge in [0.15, 0.2) is 0 Å². The Morgan fingerprint density at radius 3 is 2.75 bits per heavy atom. The van der Waals surface area contributed by atoms with E-state index < -0.39 is 6.23 Å². The smallest absolute Gasteiger partial charge is 0.133 e. The van der Waals surface area contributed by atoms with Crippen LogP contribution in [0.1, 0.15) is 0 Å². The van der Waals surface area contributed by atoms with E-state index in [2.05, 4.69) is 5.32 Å². The molecule has 0 amide bonds. The number of carbonyl (C=O) groups excluding carboxylic acids is 1. The van der Waals surface area contributed by atoms with Crippen molar-refractivity contribution in [3.8, 4) is 0 Å². The van der Waals surface area contributed by atoms with Crippen LogP contribution in [0, 0.1) is 0 Å². The number of aliphatic hydroxyl groups is 2. The molecule has 4 nitrogen and oxygen atoms in total. The molecule has 1 unspecified atom stereocenters. The molecule has 0 bridgehead atoms. The van der Waals surface area contributed by atoms with Gasteiger partial charge in [0.2, 0.25) is 0 Å². The summed E-state index contributed by atoms with van der Waals surface area (Å²) in [6.07, 6.45) is -0.362. The third-order valence-corrected chi connectivity index (χ3v) is 0.610. The molecule has 0 aromatic heterocycles. The van der Waals surface area contributed by atoms with Crippen LogP contribution in [0.3, 0.4) is 0 Å². The van der Waals surface area contributed by atoms with Gasteiger partial charge < -0.3 is 15.0 Å². The first-order chi connectivity index (χ1) is 3.81. The molecule has 0 aliphatic carbocycles. The van der Waals surface area contributed by atoms with Crippen molar-refractivity contribution in [2.45, 2.75) is 6.23 Å². The number of aldehydes is 1. The lowest BCUT2D eigenvalue weighted by Gasteiger charge is -2.04. The fourth-order valence-electron chi connectivity index (χ4n) is 0.249. The van der Waals surface area contributed by atoms with Gasteiger partial charge in [-0.2, -0.15) is 0 Å². The number of hydrogen-bond donors (Lipinski definition) is 3. The molecule has 3 N–H and O–H groups in total. The van der Waals surface area contributed by atoms with E-state index in [1.807, 2.05) is 0 Å². The van der Waals surface area contributed by atoms with Crippen molar-refractivity contribution in [3.63, 3.8) is 0 Å². The zero-order valence-electron chi connectivity index (χ0n) is 4.37. The first kappa shape index (κ1) is 7.55. The topological polar surface area (TPSA) is 69.6 Å². The molecule has 0 fully saturated rings. The predicted molar refractivity (Wildman–Crippen MR) is 27.2 cm³/mol. The first-order valence-electron chi connectivity index (χ1n) is 2.27. The van der Waals surface area contributed by atoms with Crippen molar-refractivity contribution < 1.29 is 15.0 Å². The second kappa shape index (κ2) is 4.70. The molecule has 0 saturated heterocycles. The maximum atomic E-state index is 9.57. The van der Waals surface area contributed by atoms with Crippen molar-refractivity contribution in [1.82, 2.24) is 5.32 Å². The monoisotopic (exact) mass is 119 g/mol. The van der Waals surface area contributed by atoms with E-state index in [0.29, 0.717) is 6.29 Å². The molecule has 0 aliphatic rings. The molecule has 0 aromatic rings. The Bertz CT molecular complexity index is 66.3.